The van der Waals surface area contributed by atoms with E-state index in [0.29, 0.717) is 17.1 Å². The van der Waals surface area contributed by atoms with Gasteiger partial charge in [0.25, 0.3) is 0 Å². The first-order valence-corrected chi connectivity index (χ1v) is 7.26. The molecule has 2 aromatic carbocycles. The minimum absolute atomic E-state index is 0.111. The van der Waals surface area contributed by atoms with Crippen molar-refractivity contribution < 1.29 is 8.78 Å². The predicted octanol–water partition coefficient (Wildman–Crippen LogP) is 5.23. The van der Waals surface area contributed by atoms with E-state index < -0.39 is 11.6 Å². The molecule has 0 saturated heterocycles. The Morgan fingerprint density at radius 3 is 2.60 bits per heavy atom. The monoisotopic (exact) mass is 359 g/mol. The van der Waals surface area contributed by atoms with Gasteiger partial charge in [0.15, 0.2) is 11.6 Å². The standard InChI is InChI=1S/C15H13BrClF2N/c1-9(10-2-5-14(18)15(19)7-10)20-8-11-6-12(16)3-4-13(11)17/h2-7,9,20H,8H2,1H3. The van der Waals surface area contributed by atoms with Crippen molar-refractivity contribution in [3.8, 4) is 0 Å². The maximum atomic E-state index is 13.2. The first kappa shape index (κ1) is 15.4. The van der Waals surface area contributed by atoms with Crippen LogP contribution >= 0.6 is 27.5 Å². The van der Waals surface area contributed by atoms with Crippen LogP contribution in [0.2, 0.25) is 5.02 Å². The number of benzene rings is 2. The van der Waals surface area contributed by atoms with Gasteiger partial charge in [0.2, 0.25) is 0 Å². The summed E-state index contributed by atoms with van der Waals surface area (Å²) in [5.74, 6) is -1.67. The highest BCUT2D eigenvalue weighted by Crippen LogP contribution is 2.22. The molecule has 0 aromatic heterocycles. The molecule has 1 nitrogen and oxygen atoms in total. The number of hydrogen-bond donors (Lipinski definition) is 1. The van der Waals surface area contributed by atoms with Gasteiger partial charge in [0.05, 0.1) is 0 Å². The zero-order chi connectivity index (χ0) is 14.7. The van der Waals surface area contributed by atoms with Crippen LogP contribution in [-0.2, 0) is 6.54 Å². The third-order valence-electron chi connectivity index (χ3n) is 3.05. The number of halogens is 4. The first-order valence-electron chi connectivity index (χ1n) is 6.09. The minimum Gasteiger partial charge on any atom is -0.306 e. The molecular formula is C15H13BrClF2N. The van der Waals surface area contributed by atoms with Gasteiger partial charge in [-0.2, -0.15) is 0 Å². The van der Waals surface area contributed by atoms with Crippen molar-refractivity contribution in [2.45, 2.75) is 19.5 Å². The third-order valence-corrected chi connectivity index (χ3v) is 3.91. The van der Waals surface area contributed by atoms with E-state index in [4.69, 9.17) is 11.6 Å². The fourth-order valence-corrected chi connectivity index (χ4v) is 2.43. The molecule has 0 spiro atoms. The molecule has 1 atom stereocenters. The molecule has 0 aliphatic rings. The molecule has 1 unspecified atom stereocenters. The second kappa shape index (κ2) is 6.66. The summed E-state index contributed by atoms with van der Waals surface area (Å²) in [7, 11) is 0. The largest absolute Gasteiger partial charge is 0.306 e. The summed E-state index contributed by atoms with van der Waals surface area (Å²) in [6, 6.07) is 9.39. The lowest BCUT2D eigenvalue weighted by molar-refractivity contribution is 0.500. The van der Waals surface area contributed by atoms with Gasteiger partial charge in [-0.15, -0.1) is 0 Å². The van der Waals surface area contributed by atoms with Crippen LogP contribution in [0, 0.1) is 11.6 Å². The summed E-state index contributed by atoms with van der Waals surface area (Å²) < 4.78 is 27.0. The summed E-state index contributed by atoms with van der Waals surface area (Å²) in [6.45, 7) is 2.43. The lowest BCUT2D eigenvalue weighted by Crippen LogP contribution is -2.18. The van der Waals surface area contributed by atoms with Crippen LogP contribution in [0.25, 0.3) is 0 Å². The zero-order valence-corrected chi connectivity index (χ0v) is 13.1. The van der Waals surface area contributed by atoms with Gasteiger partial charge < -0.3 is 5.32 Å². The fraction of sp³-hybridized carbons (Fsp3) is 0.200. The summed E-state index contributed by atoms with van der Waals surface area (Å²) in [5.41, 5.74) is 1.63. The molecule has 5 heteroatoms. The number of nitrogens with one attached hydrogen (secondary N) is 1. The van der Waals surface area contributed by atoms with Gasteiger partial charge in [-0.05, 0) is 48.4 Å². The minimum atomic E-state index is -0.837. The Balaban J connectivity index is 2.06. The van der Waals surface area contributed by atoms with Crippen molar-refractivity contribution in [1.82, 2.24) is 5.32 Å². The molecule has 0 amide bonds. The predicted molar refractivity (Wildman–Crippen MR) is 80.8 cm³/mol. The molecule has 20 heavy (non-hydrogen) atoms. The Bertz CT molecular complexity index is 619. The quantitative estimate of drug-likeness (QED) is 0.787. The molecule has 2 rings (SSSR count). The summed E-state index contributed by atoms with van der Waals surface area (Å²) in [5, 5.41) is 3.90. The molecule has 0 bridgehead atoms. The van der Waals surface area contributed by atoms with Gasteiger partial charge in [0, 0.05) is 22.1 Å². The highest BCUT2D eigenvalue weighted by molar-refractivity contribution is 9.10. The molecule has 106 valence electrons. The van der Waals surface area contributed by atoms with E-state index in [1.54, 1.807) is 6.07 Å². The molecule has 0 fully saturated rings. The van der Waals surface area contributed by atoms with E-state index in [1.807, 2.05) is 25.1 Å². The van der Waals surface area contributed by atoms with E-state index in [2.05, 4.69) is 21.2 Å². The summed E-state index contributed by atoms with van der Waals surface area (Å²) >= 11 is 9.49. The molecule has 0 aliphatic heterocycles. The van der Waals surface area contributed by atoms with Gasteiger partial charge in [-0.25, -0.2) is 8.78 Å². The van der Waals surface area contributed by atoms with Gasteiger partial charge in [-0.1, -0.05) is 33.6 Å². The normalized spacial score (nSPS) is 12.4. The van der Waals surface area contributed by atoms with E-state index in [-0.39, 0.29) is 6.04 Å². The van der Waals surface area contributed by atoms with E-state index >= 15 is 0 Å². The molecule has 0 aliphatic carbocycles. The van der Waals surface area contributed by atoms with Crippen LogP contribution in [0.3, 0.4) is 0 Å². The van der Waals surface area contributed by atoms with Crippen molar-refractivity contribution in [3.63, 3.8) is 0 Å². The molecule has 2 aromatic rings. The first-order chi connectivity index (χ1) is 9.47. The number of hydrogen-bond acceptors (Lipinski definition) is 1. The molecule has 0 heterocycles. The van der Waals surface area contributed by atoms with Crippen molar-refractivity contribution in [2.75, 3.05) is 0 Å². The van der Waals surface area contributed by atoms with Crippen molar-refractivity contribution in [3.05, 3.63) is 68.7 Å². The van der Waals surface area contributed by atoms with Gasteiger partial charge in [0.1, 0.15) is 0 Å². The number of rotatable bonds is 4. The zero-order valence-electron chi connectivity index (χ0n) is 10.8. The molecule has 0 saturated carbocycles. The molecular weight excluding hydrogens is 348 g/mol. The molecule has 0 radical (unpaired) electrons. The lowest BCUT2D eigenvalue weighted by atomic mass is 10.1. The van der Waals surface area contributed by atoms with Crippen molar-refractivity contribution in [1.29, 1.82) is 0 Å². The van der Waals surface area contributed by atoms with E-state index in [9.17, 15) is 8.78 Å². The van der Waals surface area contributed by atoms with Gasteiger partial charge >= 0.3 is 0 Å². The lowest BCUT2D eigenvalue weighted by Gasteiger charge is -2.15. The Hall–Kier alpha value is -0.970. The Morgan fingerprint density at radius 2 is 1.90 bits per heavy atom. The van der Waals surface area contributed by atoms with Crippen LogP contribution in [-0.4, -0.2) is 0 Å². The Morgan fingerprint density at radius 1 is 1.15 bits per heavy atom. The maximum Gasteiger partial charge on any atom is 0.159 e. The fourth-order valence-electron chi connectivity index (χ4n) is 1.84. The molecule has 1 N–H and O–H groups in total. The van der Waals surface area contributed by atoms with E-state index in [1.165, 1.54) is 6.07 Å². The average molecular weight is 361 g/mol. The SMILES string of the molecule is CC(NCc1cc(Br)ccc1Cl)c1ccc(F)c(F)c1. The Labute approximate surface area is 130 Å². The van der Waals surface area contributed by atoms with Gasteiger partial charge in [-0.3, -0.25) is 0 Å². The van der Waals surface area contributed by atoms with Crippen LogP contribution in [0.1, 0.15) is 24.1 Å². The van der Waals surface area contributed by atoms with Crippen molar-refractivity contribution in [2.24, 2.45) is 0 Å². The van der Waals surface area contributed by atoms with E-state index in [0.717, 1.165) is 16.1 Å². The summed E-state index contributed by atoms with van der Waals surface area (Å²) in [6.07, 6.45) is 0. The average Bonchev–Trinajstić information content (AvgIpc) is 2.42. The second-order valence-electron chi connectivity index (χ2n) is 4.51. The van der Waals surface area contributed by atoms with Crippen LogP contribution in [0.5, 0.6) is 0 Å². The van der Waals surface area contributed by atoms with Crippen molar-refractivity contribution >= 4 is 27.5 Å². The smallest absolute Gasteiger partial charge is 0.159 e. The topological polar surface area (TPSA) is 12.0 Å². The van der Waals surface area contributed by atoms with Crippen LogP contribution in [0.4, 0.5) is 8.78 Å². The highest BCUT2D eigenvalue weighted by Gasteiger charge is 2.10. The highest BCUT2D eigenvalue weighted by atomic mass is 79.9. The van der Waals surface area contributed by atoms with Crippen LogP contribution in [0.15, 0.2) is 40.9 Å². The van der Waals surface area contributed by atoms with Crippen LogP contribution < -0.4 is 5.32 Å². The second-order valence-corrected chi connectivity index (χ2v) is 5.83. The maximum absolute atomic E-state index is 13.2. The Kier molecular flexibility index (Phi) is 5.13. The summed E-state index contributed by atoms with van der Waals surface area (Å²) in [4.78, 5) is 0. The third kappa shape index (κ3) is 3.78.